The van der Waals surface area contributed by atoms with Crippen LogP contribution in [0.5, 0.6) is 0 Å². The Bertz CT molecular complexity index is 1280. The summed E-state index contributed by atoms with van der Waals surface area (Å²) in [6.07, 6.45) is 2.08. The highest BCUT2D eigenvalue weighted by molar-refractivity contribution is 6.30. The van der Waals surface area contributed by atoms with Gasteiger partial charge in [-0.3, -0.25) is 14.5 Å². The van der Waals surface area contributed by atoms with Crippen molar-refractivity contribution in [1.82, 2.24) is 4.90 Å². The van der Waals surface area contributed by atoms with E-state index in [2.05, 4.69) is 0 Å². The van der Waals surface area contributed by atoms with Gasteiger partial charge in [0.1, 0.15) is 23.2 Å². The largest absolute Gasteiger partial charge is 0.457 e. The Morgan fingerprint density at radius 2 is 1.72 bits per heavy atom. The number of hydrogen-bond acceptors (Lipinski definition) is 4. The standard InChI is InChI=1S/C26H19ClN2O3/c1-17-22(15-21-11-12-24(32-21)19-7-9-20(27)10-8-19)25(30)29(26(31)23(17)16-28)14-13-18-5-3-2-4-6-18/h2-12,15H,13-14H2,1H3. The topological polar surface area (TPSA) is 74.3 Å². The molecule has 5 nitrogen and oxygen atoms in total. The molecule has 1 aliphatic rings. The third kappa shape index (κ3) is 4.27. The number of halogens is 1. The van der Waals surface area contributed by atoms with E-state index in [1.807, 2.05) is 48.5 Å². The number of nitrogens with zero attached hydrogens (tertiary/aromatic N) is 2. The van der Waals surface area contributed by atoms with Gasteiger partial charge in [-0.25, -0.2) is 0 Å². The zero-order chi connectivity index (χ0) is 22.7. The van der Waals surface area contributed by atoms with Crippen molar-refractivity contribution >= 4 is 29.5 Å². The lowest BCUT2D eigenvalue weighted by Crippen LogP contribution is -2.43. The molecule has 6 heteroatoms. The first-order chi connectivity index (χ1) is 15.5. The molecule has 0 aliphatic carbocycles. The van der Waals surface area contributed by atoms with E-state index in [0.717, 1.165) is 16.0 Å². The van der Waals surface area contributed by atoms with Gasteiger partial charge >= 0.3 is 0 Å². The van der Waals surface area contributed by atoms with E-state index in [1.165, 1.54) is 0 Å². The average Bonchev–Trinajstić information content (AvgIpc) is 3.27. The molecule has 0 spiro atoms. The number of carbonyl (C=O) groups excluding carboxylic acids is 2. The molecule has 0 N–H and O–H groups in total. The molecule has 0 radical (unpaired) electrons. The Hall–Kier alpha value is -3.88. The van der Waals surface area contributed by atoms with Crippen molar-refractivity contribution in [2.75, 3.05) is 6.54 Å². The van der Waals surface area contributed by atoms with E-state index in [1.54, 1.807) is 37.3 Å². The fraction of sp³-hybridized carbons (Fsp3) is 0.115. The lowest BCUT2D eigenvalue weighted by Gasteiger charge is -2.27. The van der Waals surface area contributed by atoms with E-state index >= 15 is 0 Å². The van der Waals surface area contributed by atoms with Crippen molar-refractivity contribution in [3.8, 4) is 17.4 Å². The highest BCUT2D eigenvalue weighted by atomic mass is 35.5. The molecule has 4 rings (SSSR count). The molecule has 32 heavy (non-hydrogen) atoms. The van der Waals surface area contributed by atoms with Gasteiger partial charge in [0.2, 0.25) is 0 Å². The summed E-state index contributed by atoms with van der Waals surface area (Å²) in [6, 6.07) is 22.3. The van der Waals surface area contributed by atoms with Crippen molar-refractivity contribution < 1.29 is 14.0 Å². The van der Waals surface area contributed by atoms with E-state index < -0.39 is 11.8 Å². The molecule has 3 aromatic rings. The molecule has 1 aliphatic heterocycles. The maximum absolute atomic E-state index is 13.2. The summed E-state index contributed by atoms with van der Waals surface area (Å²) in [6.45, 7) is 1.80. The number of carbonyl (C=O) groups is 2. The van der Waals surface area contributed by atoms with Crippen LogP contribution < -0.4 is 0 Å². The Balaban J connectivity index is 1.64. The second-order valence-electron chi connectivity index (χ2n) is 7.38. The molecular formula is C26H19ClN2O3. The molecule has 2 amide bonds. The van der Waals surface area contributed by atoms with Crippen molar-refractivity contribution in [2.45, 2.75) is 13.3 Å². The molecule has 2 aromatic carbocycles. The summed E-state index contributed by atoms with van der Waals surface area (Å²) in [4.78, 5) is 27.1. The highest BCUT2D eigenvalue weighted by Crippen LogP contribution is 2.29. The summed E-state index contributed by atoms with van der Waals surface area (Å²) in [5.74, 6) is 0.0690. The summed E-state index contributed by atoms with van der Waals surface area (Å²) < 4.78 is 5.89. The second-order valence-corrected chi connectivity index (χ2v) is 7.81. The first-order valence-electron chi connectivity index (χ1n) is 10.1. The van der Waals surface area contributed by atoms with E-state index in [4.69, 9.17) is 16.0 Å². The van der Waals surface area contributed by atoms with Crippen molar-refractivity contribution in [2.24, 2.45) is 0 Å². The number of imide groups is 1. The molecule has 0 atom stereocenters. The summed E-state index contributed by atoms with van der Waals surface area (Å²) >= 11 is 5.94. The van der Waals surface area contributed by atoms with Crippen LogP contribution in [0.3, 0.4) is 0 Å². The van der Waals surface area contributed by atoms with Crippen LogP contribution in [0.2, 0.25) is 5.02 Å². The van der Waals surface area contributed by atoms with Crippen LogP contribution in [0.4, 0.5) is 0 Å². The van der Waals surface area contributed by atoms with E-state index in [0.29, 0.717) is 28.5 Å². The van der Waals surface area contributed by atoms with Crippen LogP contribution >= 0.6 is 11.6 Å². The zero-order valence-electron chi connectivity index (χ0n) is 17.3. The second kappa shape index (κ2) is 9.09. The first kappa shape index (κ1) is 21.4. The van der Waals surface area contributed by atoms with Gasteiger partial charge in [-0.05, 0) is 67.0 Å². The minimum atomic E-state index is -0.565. The normalized spacial score (nSPS) is 15.4. The fourth-order valence-corrected chi connectivity index (χ4v) is 3.69. The maximum atomic E-state index is 13.2. The van der Waals surface area contributed by atoms with Crippen LogP contribution in [-0.4, -0.2) is 23.3 Å². The van der Waals surface area contributed by atoms with Crippen LogP contribution in [0, 0.1) is 11.3 Å². The van der Waals surface area contributed by atoms with Gasteiger partial charge in [-0.2, -0.15) is 5.26 Å². The van der Waals surface area contributed by atoms with Gasteiger partial charge in [0, 0.05) is 22.7 Å². The van der Waals surface area contributed by atoms with Crippen molar-refractivity contribution in [3.05, 3.63) is 99.8 Å². The third-order valence-corrected chi connectivity index (χ3v) is 5.59. The van der Waals surface area contributed by atoms with Gasteiger partial charge in [-0.15, -0.1) is 0 Å². The average molecular weight is 443 g/mol. The molecule has 0 unspecified atom stereocenters. The highest BCUT2D eigenvalue weighted by Gasteiger charge is 2.35. The predicted molar refractivity (Wildman–Crippen MR) is 122 cm³/mol. The smallest absolute Gasteiger partial charge is 0.271 e. The van der Waals surface area contributed by atoms with Crippen LogP contribution in [0.15, 0.2) is 87.9 Å². The maximum Gasteiger partial charge on any atom is 0.271 e. The number of rotatable bonds is 5. The van der Waals surface area contributed by atoms with Gasteiger partial charge in [0.15, 0.2) is 0 Å². The SMILES string of the molecule is CC1=C(C#N)C(=O)N(CCc2ccccc2)C(=O)C1=Cc1ccc(-c2ccc(Cl)cc2)o1. The summed E-state index contributed by atoms with van der Waals surface area (Å²) in [5.41, 5.74) is 2.43. The Morgan fingerprint density at radius 1 is 1.00 bits per heavy atom. The van der Waals surface area contributed by atoms with E-state index in [-0.39, 0.29) is 17.7 Å². The molecule has 0 fully saturated rings. The van der Waals surface area contributed by atoms with Crippen LogP contribution in [0.1, 0.15) is 18.2 Å². The lowest BCUT2D eigenvalue weighted by atomic mass is 9.94. The van der Waals surface area contributed by atoms with Gasteiger partial charge in [0.05, 0.1) is 0 Å². The number of nitriles is 1. The monoisotopic (exact) mass is 442 g/mol. The van der Waals surface area contributed by atoms with Gasteiger partial charge < -0.3 is 4.42 Å². The summed E-state index contributed by atoms with van der Waals surface area (Å²) in [5, 5.41) is 10.2. The quantitative estimate of drug-likeness (QED) is 0.389. The molecule has 0 bridgehead atoms. The number of hydrogen-bond donors (Lipinski definition) is 0. The summed E-state index contributed by atoms with van der Waals surface area (Å²) in [7, 11) is 0. The Morgan fingerprint density at radius 3 is 2.41 bits per heavy atom. The first-order valence-corrected chi connectivity index (χ1v) is 10.4. The minimum absolute atomic E-state index is 0.0339. The van der Waals surface area contributed by atoms with Crippen LogP contribution in [-0.2, 0) is 16.0 Å². The minimum Gasteiger partial charge on any atom is -0.457 e. The van der Waals surface area contributed by atoms with Gasteiger partial charge in [-0.1, -0.05) is 41.9 Å². The van der Waals surface area contributed by atoms with Crippen LogP contribution in [0.25, 0.3) is 17.4 Å². The number of benzene rings is 2. The molecular weight excluding hydrogens is 424 g/mol. The van der Waals surface area contributed by atoms with Gasteiger partial charge in [0.25, 0.3) is 11.8 Å². The molecule has 2 heterocycles. The third-order valence-electron chi connectivity index (χ3n) is 5.33. The Kier molecular flexibility index (Phi) is 6.07. The van der Waals surface area contributed by atoms with Crippen molar-refractivity contribution in [3.63, 3.8) is 0 Å². The number of amides is 2. The number of furan rings is 1. The fourth-order valence-electron chi connectivity index (χ4n) is 3.56. The molecule has 0 saturated carbocycles. The Labute approximate surface area is 190 Å². The molecule has 1 aromatic heterocycles. The lowest BCUT2D eigenvalue weighted by molar-refractivity contribution is -0.140. The van der Waals surface area contributed by atoms with Crippen molar-refractivity contribution in [1.29, 1.82) is 5.26 Å². The molecule has 158 valence electrons. The predicted octanol–water partition coefficient (Wildman–Crippen LogP) is 5.43. The van der Waals surface area contributed by atoms with E-state index in [9.17, 15) is 14.9 Å². The molecule has 0 saturated heterocycles. The zero-order valence-corrected chi connectivity index (χ0v) is 18.1.